The topological polar surface area (TPSA) is 135 Å². The molecule has 0 aliphatic carbocycles. The van der Waals surface area contributed by atoms with Crippen molar-refractivity contribution in [3.05, 3.63) is 11.9 Å². The van der Waals surface area contributed by atoms with E-state index in [9.17, 15) is 14.4 Å². The summed E-state index contributed by atoms with van der Waals surface area (Å²) in [6.45, 7) is 0.600. The molecule has 10 nitrogen and oxygen atoms in total. The second kappa shape index (κ2) is 8.64. The SMILES string of the molecule is COCCNC(=O)CCNC(=O)c1cn(CC(=O)O)nn1. The molecule has 0 aromatic carbocycles. The van der Waals surface area contributed by atoms with Gasteiger partial charge in [-0.05, 0) is 0 Å². The van der Waals surface area contributed by atoms with Crippen molar-refractivity contribution in [3.8, 4) is 0 Å². The van der Waals surface area contributed by atoms with Crippen LogP contribution in [-0.2, 0) is 20.9 Å². The highest BCUT2D eigenvalue weighted by Gasteiger charge is 2.12. The number of nitrogens with one attached hydrogen (secondary N) is 2. The first-order valence-corrected chi connectivity index (χ1v) is 6.18. The molecule has 1 rings (SSSR count). The first kappa shape index (κ1) is 16.6. The number of hydrogen-bond donors (Lipinski definition) is 3. The number of nitrogens with zero attached hydrogens (tertiary/aromatic N) is 3. The zero-order valence-corrected chi connectivity index (χ0v) is 11.5. The van der Waals surface area contributed by atoms with Gasteiger partial charge >= 0.3 is 5.97 Å². The number of carboxylic acids is 1. The molecular weight excluding hydrogens is 282 g/mol. The summed E-state index contributed by atoms with van der Waals surface area (Å²) in [4.78, 5) is 33.5. The van der Waals surface area contributed by atoms with Crippen molar-refractivity contribution in [1.29, 1.82) is 0 Å². The first-order valence-electron chi connectivity index (χ1n) is 6.18. The van der Waals surface area contributed by atoms with E-state index in [4.69, 9.17) is 9.84 Å². The summed E-state index contributed by atoms with van der Waals surface area (Å²) in [5.74, 6) is -1.81. The van der Waals surface area contributed by atoms with Gasteiger partial charge in [-0.1, -0.05) is 5.21 Å². The van der Waals surface area contributed by atoms with Crippen LogP contribution < -0.4 is 10.6 Å². The quantitative estimate of drug-likeness (QED) is 0.460. The molecule has 0 bridgehead atoms. The van der Waals surface area contributed by atoms with Gasteiger partial charge in [0.05, 0.1) is 12.8 Å². The van der Waals surface area contributed by atoms with Gasteiger partial charge < -0.3 is 20.5 Å². The van der Waals surface area contributed by atoms with Crippen LogP contribution in [0.5, 0.6) is 0 Å². The Morgan fingerprint density at radius 2 is 2.10 bits per heavy atom. The fraction of sp³-hybridized carbons (Fsp3) is 0.545. The standard InChI is InChI=1S/C11H17N5O5/c1-21-5-4-12-9(17)2-3-13-11(20)8-6-16(15-14-8)7-10(18)19/h6H,2-5,7H2,1H3,(H,12,17)(H,13,20)(H,18,19). The average Bonchev–Trinajstić information content (AvgIpc) is 2.86. The summed E-state index contributed by atoms with van der Waals surface area (Å²) in [6, 6.07) is 0. The maximum Gasteiger partial charge on any atom is 0.325 e. The van der Waals surface area contributed by atoms with Gasteiger partial charge in [-0.3, -0.25) is 14.4 Å². The van der Waals surface area contributed by atoms with Crippen LogP contribution in [0.2, 0.25) is 0 Å². The van der Waals surface area contributed by atoms with E-state index in [1.54, 1.807) is 0 Å². The average molecular weight is 299 g/mol. The van der Waals surface area contributed by atoms with Crippen LogP contribution in [0.15, 0.2) is 6.20 Å². The normalized spacial score (nSPS) is 10.1. The molecule has 0 radical (unpaired) electrons. The molecule has 2 amide bonds. The van der Waals surface area contributed by atoms with Crippen molar-refractivity contribution in [3.63, 3.8) is 0 Å². The fourth-order valence-electron chi connectivity index (χ4n) is 1.38. The van der Waals surface area contributed by atoms with Crippen LogP contribution in [-0.4, -0.2) is 64.7 Å². The lowest BCUT2D eigenvalue weighted by Gasteiger charge is -2.05. The molecule has 0 saturated heterocycles. The molecule has 0 spiro atoms. The van der Waals surface area contributed by atoms with Gasteiger partial charge in [-0.15, -0.1) is 5.10 Å². The van der Waals surface area contributed by atoms with E-state index in [2.05, 4.69) is 20.9 Å². The number of rotatable bonds is 9. The number of carboxylic acid groups (broad SMARTS) is 1. The van der Waals surface area contributed by atoms with Crippen molar-refractivity contribution in [1.82, 2.24) is 25.6 Å². The Morgan fingerprint density at radius 3 is 2.76 bits per heavy atom. The molecular formula is C11H17N5O5. The summed E-state index contributed by atoms with van der Waals surface area (Å²) >= 11 is 0. The Labute approximate surface area is 120 Å². The molecule has 116 valence electrons. The molecule has 0 unspecified atom stereocenters. The summed E-state index contributed by atoms with van der Waals surface area (Å²) in [6.07, 6.45) is 1.35. The molecule has 1 aromatic rings. The summed E-state index contributed by atoms with van der Waals surface area (Å²) in [7, 11) is 1.53. The van der Waals surface area contributed by atoms with E-state index in [-0.39, 0.29) is 31.1 Å². The number of amides is 2. The lowest BCUT2D eigenvalue weighted by Crippen LogP contribution is -2.32. The molecule has 21 heavy (non-hydrogen) atoms. The van der Waals surface area contributed by atoms with Crippen molar-refractivity contribution in [2.45, 2.75) is 13.0 Å². The molecule has 0 aliphatic rings. The molecule has 10 heteroatoms. The van der Waals surface area contributed by atoms with Crippen LogP contribution in [0.1, 0.15) is 16.9 Å². The first-order chi connectivity index (χ1) is 10.0. The number of hydrogen-bond acceptors (Lipinski definition) is 6. The number of methoxy groups -OCH3 is 1. The molecule has 0 fully saturated rings. The van der Waals surface area contributed by atoms with Crippen LogP contribution in [0.3, 0.4) is 0 Å². The van der Waals surface area contributed by atoms with Crippen LogP contribution in [0, 0.1) is 0 Å². The van der Waals surface area contributed by atoms with E-state index >= 15 is 0 Å². The minimum absolute atomic E-state index is 0.00367. The fourth-order valence-corrected chi connectivity index (χ4v) is 1.38. The number of aliphatic carboxylic acids is 1. The molecule has 0 saturated carbocycles. The number of aromatic nitrogens is 3. The zero-order valence-electron chi connectivity index (χ0n) is 11.5. The van der Waals surface area contributed by atoms with E-state index in [0.717, 1.165) is 4.68 Å². The van der Waals surface area contributed by atoms with E-state index < -0.39 is 11.9 Å². The van der Waals surface area contributed by atoms with Gasteiger partial charge in [0.15, 0.2) is 5.69 Å². The van der Waals surface area contributed by atoms with Gasteiger partial charge in [0.25, 0.3) is 5.91 Å². The van der Waals surface area contributed by atoms with Gasteiger partial charge in [-0.25, -0.2) is 4.68 Å². The Balaban J connectivity index is 2.28. The van der Waals surface area contributed by atoms with Crippen LogP contribution in [0.25, 0.3) is 0 Å². The molecule has 0 atom stereocenters. The number of ether oxygens (including phenoxy) is 1. The number of carbonyl (C=O) groups excluding carboxylic acids is 2. The zero-order chi connectivity index (χ0) is 15.7. The lowest BCUT2D eigenvalue weighted by molar-refractivity contribution is -0.138. The highest BCUT2D eigenvalue weighted by Crippen LogP contribution is 1.93. The second-order valence-corrected chi connectivity index (χ2v) is 4.04. The Bertz CT molecular complexity index is 501. The highest BCUT2D eigenvalue weighted by molar-refractivity contribution is 5.92. The third kappa shape index (κ3) is 6.47. The van der Waals surface area contributed by atoms with Crippen molar-refractivity contribution < 1.29 is 24.2 Å². The molecule has 3 N–H and O–H groups in total. The minimum Gasteiger partial charge on any atom is -0.480 e. The third-order valence-electron chi connectivity index (χ3n) is 2.33. The summed E-state index contributed by atoms with van der Waals surface area (Å²) in [5.41, 5.74) is -0.00367. The Morgan fingerprint density at radius 1 is 1.33 bits per heavy atom. The van der Waals surface area contributed by atoms with E-state index in [1.807, 2.05) is 0 Å². The monoisotopic (exact) mass is 299 g/mol. The van der Waals surface area contributed by atoms with E-state index in [0.29, 0.717) is 13.2 Å². The summed E-state index contributed by atoms with van der Waals surface area (Å²) in [5, 5.41) is 20.7. The summed E-state index contributed by atoms with van der Waals surface area (Å²) < 4.78 is 5.82. The molecule has 1 heterocycles. The lowest BCUT2D eigenvalue weighted by atomic mass is 10.3. The maximum absolute atomic E-state index is 11.7. The Hall–Kier alpha value is -2.49. The Kier molecular flexibility index (Phi) is 6.81. The minimum atomic E-state index is -1.08. The third-order valence-corrected chi connectivity index (χ3v) is 2.33. The van der Waals surface area contributed by atoms with Gasteiger partial charge in [0.1, 0.15) is 6.54 Å². The van der Waals surface area contributed by atoms with Crippen LogP contribution in [0.4, 0.5) is 0 Å². The van der Waals surface area contributed by atoms with Crippen molar-refractivity contribution in [2.24, 2.45) is 0 Å². The molecule has 1 aromatic heterocycles. The van der Waals surface area contributed by atoms with Gasteiger partial charge in [0, 0.05) is 26.6 Å². The van der Waals surface area contributed by atoms with Crippen molar-refractivity contribution in [2.75, 3.05) is 26.8 Å². The second-order valence-electron chi connectivity index (χ2n) is 4.04. The predicted octanol–water partition coefficient (Wildman–Crippen LogP) is -1.75. The smallest absolute Gasteiger partial charge is 0.325 e. The largest absolute Gasteiger partial charge is 0.480 e. The predicted molar refractivity (Wildman–Crippen MR) is 69.5 cm³/mol. The van der Waals surface area contributed by atoms with E-state index in [1.165, 1.54) is 13.3 Å². The molecule has 0 aliphatic heterocycles. The van der Waals surface area contributed by atoms with Gasteiger partial charge in [-0.2, -0.15) is 0 Å². The number of carbonyl (C=O) groups is 3. The van der Waals surface area contributed by atoms with Crippen molar-refractivity contribution >= 4 is 17.8 Å². The highest BCUT2D eigenvalue weighted by atomic mass is 16.5. The van der Waals surface area contributed by atoms with Gasteiger partial charge in [0.2, 0.25) is 5.91 Å². The maximum atomic E-state index is 11.7. The van der Waals surface area contributed by atoms with Crippen LogP contribution >= 0.6 is 0 Å².